The zero-order valence-corrected chi connectivity index (χ0v) is 24.8. The summed E-state index contributed by atoms with van der Waals surface area (Å²) in [6.07, 6.45) is 30.4. The lowest BCUT2D eigenvalue weighted by Crippen LogP contribution is -2.25. The molecule has 0 rings (SSSR count). The van der Waals surface area contributed by atoms with E-state index in [-0.39, 0.29) is 6.10 Å². The molecule has 0 N–H and O–H groups in total. The van der Waals surface area contributed by atoms with Gasteiger partial charge in [0.15, 0.2) is 0 Å². The summed E-state index contributed by atoms with van der Waals surface area (Å²) in [6, 6.07) is 0. The van der Waals surface area contributed by atoms with E-state index in [0.29, 0.717) is 6.61 Å². The maximum Gasteiger partial charge on any atom is 0.0946 e. The second kappa shape index (κ2) is 32.9. The molecule has 0 bridgehead atoms. The maximum atomic E-state index is 6.18. The molecule has 0 spiro atoms. The Morgan fingerprint density at radius 1 is 0.500 bits per heavy atom. The van der Waals surface area contributed by atoms with Gasteiger partial charge >= 0.3 is 0 Å². The predicted octanol–water partition coefficient (Wildman–Crippen LogP) is 10.5. The van der Waals surface area contributed by atoms with Crippen LogP contribution in [0.25, 0.3) is 0 Å². The summed E-state index contributed by atoms with van der Waals surface area (Å²) in [5.41, 5.74) is 0. The van der Waals surface area contributed by atoms with Gasteiger partial charge in [-0.1, -0.05) is 156 Å². The molecule has 1 unspecified atom stereocenters. The molecule has 34 heavy (non-hydrogen) atoms. The fourth-order valence-electron chi connectivity index (χ4n) is 4.15. The summed E-state index contributed by atoms with van der Waals surface area (Å²) in [6.45, 7) is 10.4. The van der Waals surface area contributed by atoms with Crippen LogP contribution in [0.4, 0.5) is 0 Å². The van der Waals surface area contributed by atoms with Gasteiger partial charge in [-0.3, -0.25) is 4.84 Å². The van der Waals surface area contributed by atoms with Gasteiger partial charge in [0.1, 0.15) is 0 Å². The molecule has 0 aromatic heterocycles. The molecule has 208 valence electrons. The molecule has 0 radical (unpaired) electrons. The molecule has 0 aromatic rings. The molecule has 0 saturated heterocycles. The van der Waals surface area contributed by atoms with E-state index < -0.39 is 0 Å². The minimum Gasteiger partial charge on any atom is -0.376 e. The molecule has 0 aliphatic carbocycles. The molecular weight excluding hydrogens is 418 g/mol. The zero-order chi connectivity index (χ0) is 25.5. The van der Waals surface area contributed by atoms with Gasteiger partial charge in [-0.15, -0.1) is 0 Å². The summed E-state index contributed by atoms with van der Waals surface area (Å²) >= 11 is 0. The van der Waals surface area contributed by atoms with Crippen molar-refractivity contribution in [1.29, 1.82) is 0 Å². The second-order valence-electron chi connectivity index (χ2n) is 10.5. The lowest BCUT2D eigenvalue weighted by atomic mass is 10.0. The zero-order valence-electron chi connectivity index (χ0n) is 24.8. The van der Waals surface area contributed by atoms with Gasteiger partial charge in [-0.05, 0) is 12.8 Å². The van der Waals surface area contributed by atoms with Crippen LogP contribution in [0.15, 0.2) is 0 Å². The SMILES string of the molecule is CCC.CCCCCCCCCCCCCCCCOC(CCCCCCCC)CON(C)C. The van der Waals surface area contributed by atoms with E-state index in [1.807, 2.05) is 14.1 Å². The Bertz CT molecular complexity index is 335. The average Bonchev–Trinajstić information content (AvgIpc) is 2.82. The van der Waals surface area contributed by atoms with Crippen LogP contribution in [0.5, 0.6) is 0 Å². The van der Waals surface area contributed by atoms with Crippen LogP contribution in [-0.4, -0.2) is 38.5 Å². The molecule has 0 aliphatic rings. The third-order valence-corrected chi connectivity index (χ3v) is 6.25. The number of nitrogens with zero attached hydrogens (tertiary/aromatic N) is 1. The van der Waals surface area contributed by atoms with Crippen LogP contribution in [0.3, 0.4) is 0 Å². The van der Waals surface area contributed by atoms with Crippen LogP contribution in [-0.2, 0) is 9.57 Å². The fourth-order valence-corrected chi connectivity index (χ4v) is 4.15. The summed E-state index contributed by atoms with van der Waals surface area (Å²) in [5.74, 6) is 0. The van der Waals surface area contributed by atoms with Gasteiger partial charge in [0.25, 0.3) is 0 Å². The van der Waals surface area contributed by atoms with E-state index in [4.69, 9.17) is 9.57 Å². The minimum atomic E-state index is 0.260. The second-order valence-corrected chi connectivity index (χ2v) is 10.5. The van der Waals surface area contributed by atoms with Crippen LogP contribution >= 0.6 is 0 Å². The minimum absolute atomic E-state index is 0.260. The first-order chi connectivity index (χ1) is 16.6. The third kappa shape index (κ3) is 34.0. The van der Waals surface area contributed by atoms with Crippen molar-refractivity contribution in [1.82, 2.24) is 5.06 Å². The number of hydrogen-bond donors (Lipinski definition) is 0. The molecule has 3 nitrogen and oxygen atoms in total. The first-order valence-corrected chi connectivity index (χ1v) is 15.5. The maximum absolute atomic E-state index is 6.18. The van der Waals surface area contributed by atoms with Crippen molar-refractivity contribution < 1.29 is 9.57 Å². The summed E-state index contributed by atoms with van der Waals surface area (Å²) in [7, 11) is 3.91. The van der Waals surface area contributed by atoms with Crippen molar-refractivity contribution in [3.8, 4) is 0 Å². The molecule has 0 heterocycles. The molecule has 0 aliphatic heterocycles. The van der Waals surface area contributed by atoms with Gasteiger partial charge in [0, 0.05) is 20.7 Å². The van der Waals surface area contributed by atoms with E-state index >= 15 is 0 Å². The quantitative estimate of drug-likeness (QED) is 0.0898. The van der Waals surface area contributed by atoms with Gasteiger partial charge in [-0.2, -0.15) is 5.06 Å². The largest absolute Gasteiger partial charge is 0.376 e. The Kier molecular flexibility index (Phi) is 34.9. The Balaban J connectivity index is 0. The molecular formula is C31H67NO2. The monoisotopic (exact) mass is 486 g/mol. The Morgan fingerprint density at radius 3 is 1.24 bits per heavy atom. The molecule has 0 amide bonds. The van der Waals surface area contributed by atoms with E-state index in [0.717, 1.165) is 13.0 Å². The first-order valence-electron chi connectivity index (χ1n) is 15.5. The molecule has 1 atom stereocenters. The number of unbranched alkanes of at least 4 members (excludes halogenated alkanes) is 18. The van der Waals surface area contributed by atoms with Crippen molar-refractivity contribution in [2.24, 2.45) is 0 Å². The highest BCUT2D eigenvalue weighted by molar-refractivity contribution is 4.58. The fraction of sp³-hybridized carbons (Fsp3) is 1.00. The van der Waals surface area contributed by atoms with Crippen LogP contribution in [0.1, 0.15) is 169 Å². The van der Waals surface area contributed by atoms with Gasteiger partial charge in [-0.25, -0.2) is 0 Å². The predicted molar refractivity (Wildman–Crippen MR) is 154 cm³/mol. The highest BCUT2D eigenvalue weighted by Gasteiger charge is 2.10. The first kappa shape index (κ1) is 36.0. The average molecular weight is 486 g/mol. The van der Waals surface area contributed by atoms with Crippen molar-refractivity contribution in [3.63, 3.8) is 0 Å². The Morgan fingerprint density at radius 2 is 0.853 bits per heavy atom. The van der Waals surface area contributed by atoms with E-state index in [1.54, 1.807) is 5.06 Å². The standard InChI is InChI=1S/C28H59NO2.C3H8/c1-5-7-9-11-13-14-15-16-17-18-19-20-22-24-26-30-28(27-31-29(3)4)25-23-21-12-10-8-6-2;1-3-2/h28H,5-27H2,1-4H3;3H2,1-2H3. The van der Waals surface area contributed by atoms with Crippen LogP contribution < -0.4 is 0 Å². The van der Waals surface area contributed by atoms with E-state index in [2.05, 4.69) is 27.7 Å². The summed E-state index contributed by atoms with van der Waals surface area (Å²) < 4.78 is 6.18. The van der Waals surface area contributed by atoms with Crippen molar-refractivity contribution in [2.45, 2.75) is 175 Å². The highest BCUT2D eigenvalue weighted by Crippen LogP contribution is 2.14. The summed E-state index contributed by atoms with van der Waals surface area (Å²) in [5, 5.41) is 1.80. The number of hydroxylamine groups is 2. The van der Waals surface area contributed by atoms with Crippen molar-refractivity contribution in [3.05, 3.63) is 0 Å². The third-order valence-electron chi connectivity index (χ3n) is 6.25. The van der Waals surface area contributed by atoms with Gasteiger partial charge < -0.3 is 4.74 Å². The number of ether oxygens (including phenoxy) is 1. The number of rotatable bonds is 26. The smallest absolute Gasteiger partial charge is 0.0946 e. The normalized spacial score (nSPS) is 12.1. The number of hydrogen-bond acceptors (Lipinski definition) is 3. The van der Waals surface area contributed by atoms with Crippen molar-refractivity contribution in [2.75, 3.05) is 27.3 Å². The van der Waals surface area contributed by atoms with E-state index in [1.165, 1.54) is 135 Å². The lowest BCUT2D eigenvalue weighted by Gasteiger charge is -2.20. The van der Waals surface area contributed by atoms with E-state index in [9.17, 15) is 0 Å². The highest BCUT2D eigenvalue weighted by atomic mass is 16.7. The van der Waals surface area contributed by atoms with Gasteiger partial charge in [0.05, 0.1) is 12.7 Å². The molecule has 0 aromatic carbocycles. The van der Waals surface area contributed by atoms with Gasteiger partial charge in [0.2, 0.25) is 0 Å². The molecule has 3 heteroatoms. The molecule has 0 fully saturated rings. The molecule has 0 saturated carbocycles. The lowest BCUT2D eigenvalue weighted by molar-refractivity contribution is -0.155. The summed E-state index contributed by atoms with van der Waals surface area (Å²) in [4.78, 5) is 5.68. The Labute approximate surface area is 217 Å². The van der Waals surface area contributed by atoms with Crippen LogP contribution in [0.2, 0.25) is 0 Å². The topological polar surface area (TPSA) is 21.7 Å². The van der Waals surface area contributed by atoms with Crippen molar-refractivity contribution >= 4 is 0 Å². The Hall–Kier alpha value is -0.120. The van der Waals surface area contributed by atoms with Crippen LogP contribution in [0, 0.1) is 0 Å².